The molecule has 0 spiro atoms. The highest BCUT2D eigenvalue weighted by atomic mass is 16.5. The Bertz CT molecular complexity index is 435. The van der Waals surface area contributed by atoms with Gasteiger partial charge in [0.1, 0.15) is 0 Å². The maximum atomic E-state index is 6.01. The first-order chi connectivity index (χ1) is 8.70. The number of rotatable bonds is 3. The Morgan fingerprint density at radius 2 is 1.94 bits per heavy atom. The van der Waals surface area contributed by atoms with Gasteiger partial charge in [-0.05, 0) is 55.7 Å². The molecule has 0 amide bonds. The Labute approximate surface area is 110 Å². The summed E-state index contributed by atoms with van der Waals surface area (Å²) in [6.07, 6.45) is 6.23. The van der Waals surface area contributed by atoms with Crippen LogP contribution < -0.4 is 5.73 Å². The Balaban J connectivity index is 1.91. The lowest BCUT2D eigenvalue weighted by Gasteiger charge is -2.43. The summed E-state index contributed by atoms with van der Waals surface area (Å²) in [6.45, 7) is 3.78. The zero-order valence-corrected chi connectivity index (χ0v) is 11.2. The average Bonchev–Trinajstić information content (AvgIpc) is 2.33. The fraction of sp³-hybridized carbons (Fsp3) is 0.625. The first kappa shape index (κ1) is 12.2. The second kappa shape index (κ2) is 4.67. The number of nitrogens with two attached hydrogens (primary N) is 1. The van der Waals surface area contributed by atoms with Crippen molar-refractivity contribution in [3.8, 4) is 0 Å². The molecule has 2 N–H and O–H groups in total. The van der Waals surface area contributed by atoms with Crippen LogP contribution in [0.25, 0.3) is 0 Å². The van der Waals surface area contributed by atoms with Crippen LogP contribution in [0.4, 0.5) is 0 Å². The molecule has 2 heteroatoms. The molecular weight excluding hydrogens is 222 g/mol. The van der Waals surface area contributed by atoms with Crippen LogP contribution >= 0.6 is 0 Å². The van der Waals surface area contributed by atoms with Crippen molar-refractivity contribution in [1.29, 1.82) is 0 Å². The van der Waals surface area contributed by atoms with Gasteiger partial charge in [-0.3, -0.25) is 0 Å². The standard InChI is InChI=1S/C16H23NO/c1-12(17)9-16(10-18-11-16)15-7-6-13-4-2-3-5-14(13)8-15/h6-8,12H,2-5,9-11,17H2,1H3. The molecule has 18 heavy (non-hydrogen) atoms. The predicted molar refractivity (Wildman–Crippen MR) is 73.8 cm³/mol. The van der Waals surface area contributed by atoms with E-state index in [2.05, 4.69) is 25.1 Å². The van der Waals surface area contributed by atoms with Crippen molar-refractivity contribution in [3.05, 3.63) is 34.9 Å². The lowest BCUT2D eigenvalue weighted by Crippen LogP contribution is -2.49. The van der Waals surface area contributed by atoms with Crippen LogP contribution in [0.2, 0.25) is 0 Å². The maximum absolute atomic E-state index is 6.01. The number of aryl methyl sites for hydroxylation is 2. The molecule has 0 saturated carbocycles. The highest BCUT2D eigenvalue weighted by molar-refractivity contribution is 5.38. The molecule has 2 nitrogen and oxygen atoms in total. The summed E-state index contributed by atoms with van der Waals surface area (Å²) in [5.41, 5.74) is 10.8. The van der Waals surface area contributed by atoms with Crippen LogP contribution in [-0.4, -0.2) is 19.3 Å². The van der Waals surface area contributed by atoms with Crippen molar-refractivity contribution in [3.63, 3.8) is 0 Å². The van der Waals surface area contributed by atoms with Gasteiger partial charge in [-0.15, -0.1) is 0 Å². The summed E-state index contributed by atoms with van der Waals surface area (Å²) in [5, 5.41) is 0. The normalized spacial score (nSPS) is 23.0. The molecule has 1 atom stereocenters. The summed E-state index contributed by atoms with van der Waals surface area (Å²) in [7, 11) is 0. The van der Waals surface area contributed by atoms with E-state index in [0.717, 1.165) is 19.6 Å². The molecule has 98 valence electrons. The minimum atomic E-state index is 0.195. The third-order valence-corrected chi connectivity index (χ3v) is 4.43. The van der Waals surface area contributed by atoms with Crippen LogP contribution in [-0.2, 0) is 23.0 Å². The first-order valence-electron chi connectivity index (χ1n) is 7.15. The van der Waals surface area contributed by atoms with Gasteiger partial charge in [-0.25, -0.2) is 0 Å². The number of hydrogen-bond donors (Lipinski definition) is 1. The number of benzene rings is 1. The molecule has 3 rings (SSSR count). The monoisotopic (exact) mass is 245 g/mol. The second-order valence-corrected chi connectivity index (χ2v) is 6.15. The third-order valence-electron chi connectivity index (χ3n) is 4.43. The van der Waals surface area contributed by atoms with E-state index in [1.807, 2.05) is 0 Å². The van der Waals surface area contributed by atoms with E-state index >= 15 is 0 Å². The topological polar surface area (TPSA) is 35.2 Å². The van der Waals surface area contributed by atoms with Gasteiger partial charge in [-0.1, -0.05) is 18.2 Å². The minimum Gasteiger partial charge on any atom is -0.379 e. The Morgan fingerprint density at radius 3 is 2.56 bits per heavy atom. The summed E-state index contributed by atoms with van der Waals surface area (Å²) in [4.78, 5) is 0. The lowest BCUT2D eigenvalue weighted by molar-refractivity contribution is -0.0665. The van der Waals surface area contributed by atoms with Crippen molar-refractivity contribution in [2.24, 2.45) is 5.73 Å². The molecule has 0 bridgehead atoms. The summed E-state index contributed by atoms with van der Waals surface area (Å²) in [6, 6.07) is 7.32. The van der Waals surface area contributed by atoms with Gasteiger partial charge in [0, 0.05) is 11.5 Å². The fourth-order valence-corrected chi connectivity index (χ4v) is 3.43. The smallest absolute Gasteiger partial charge is 0.0586 e. The van der Waals surface area contributed by atoms with Crippen molar-refractivity contribution in [1.82, 2.24) is 0 Å². The lowest BCUT2D eigenvalue weighted by atomic mass is 9.73. The zero-order chi connectivity index (χ0) is 12.6. The zero-order valence-electron chi connectivity index (χ0n) is 11.2. The van der Waals surface area contributed by atoms with Crippen molar-refractivity contribution in [2.45, 2.75) is 50.5 Å². The molecule has 1 saturated heterocycles. The van der Waals surface area contributed by atoms with Gasteiger partial charge >= 0.3 is 0 Å². The van der Waals surface area contributed by atoms with Crippen molar-refractivity contribution < 1.29 is 4.74 Å². The van der Waals surface area contributed by atoms with Gasteiger partial charge in [-0.2, -0.15) is 0 Å². The van der Waals surface area contributed by atoms with Crippen LogP contribution in [0.1, 0.15) is 42.9 Å². The van der Waals surface area contributed by atoms with Crippen LogP contribution in [0.3, 0.4) is 0 Å². The molecule has 1 aliphatic carbocycles. The van der Waals surface area contributed by atoms with Gasteiger partial charge in [0.05, 0.1) is 13.2 Å². The summed E-state index contributed by atoms with van der Waals surface area (Å²) < 4.78 is 5.48. The molecule has 2 aliphatic rings. The van der Waals surface area contributed by atoms with Crippen LogP contribution in [0.15, 0.2) is 18.2 Å². The summed E-state index contributed by atoms with van der Waals surface area (Å²) >= 11 is 0. The van der Waals surface area contributed by atoms with Gasteiger partial charge < -0.3 is 10.5 Å². The van der Waals surface area contributed by atoms with E-state index in [1.54, 1.807) is 11.1 Å². The Hall–Kier alpha value is -0.860. The van der Waals surface area contributed by atoms with E-state index < -0.39 is 0 Å². The number of fused-ring (bicyclic) bond motifs is 1. The molecule has 1 aromatic carbocycles. The number of ether oxygens (including phenoxy) is 1. The summed E-state index contributed by atoms with van der Waals surface area (Å²) in [5.74, 6) is 0. The molecule has 1 fully saturated rings. The van der Waals surface area contributed by atoms with Gasteiger partial charge in [0.2, 0.25) is 0 Å². The Morgan fingerprint density at radius 1 is 1.22 bits per heavy atom. The highest BCUT2D eigenvalue weighted by Crippen LogP contribution is 2.38. The molecule has 1 unspecified atom stereocenters. The maximum Gasteiger partial charge on any atom is 0.0586 e. The van der Waals surface area contributed by atoms with E-state index in [9.17, 15) is 0 Å². The number of hydrogen-bond acceptors (Lipinski definition) is 2. The first-order valence-corrected chi connectivity index (χ1v) is 7.15. The van der Waals surface area contributed by atoms with Crippen molar-refractivity contribution >= 4 is 0 Å². The van der Waals surface area contributed by atoms with Gasteiger partial charge in [0.25, 0.3) is 0 Å². The average molecular weight is 245 g/mol. The van der Waals surface area contributed by atoms with E-state index in [4.69, 9.17) is 10.5 Å². The molecule has 0 aromatic heterocycles. The SMILES string of the molecule is CC(N)CC1(c2ccc3c(c2)CCCC3)COC1. The van der Waals surface area contributed by atoms with E-state index in [-0.39, 0.29) is 11.5 Å². The molecular formula is C16H23NO. The van der Waals surface area contributed by atoms with Crippen molar-refractivity contribution in [2.75, 3.05) is 13.2 Å². The van der Waals surface area contributed by atoms with E-state index in [0.29, 0.717) is 0 Å². The second-order valence-electron chi connectivity index (χ2n) is 6.15. The Kier molecular flexibility index (Phi) is 3.16. The third kappa shape index (κ3) is 2.08. The molecule has 0 radical (unpaired) electrons. The molecule has 1 aliphatic heterocycles. The minimum absolute atomic E-state index is 0.195. The van der Waals surface area contributed by atoms with Crippen LogP contribution in [0, 0.1) is 0 Å². The molecule has 1 aromatic rings. The van der Waals surface area contributed by atoms with Gasteiger partial charge in [0.15, 0.2) is 0 Å². The molecule has 1 heterocycles. The fourth-order valence-electron chi connectivity index (χ4n) is 3.43. The quantitative estimate of drug-likeness (QED) is 0.888. The highest BCUT2D eigenvalue weighted by Gasteiger charge is 2.41. The van der Waals surface area contributed by atoms with Crippen LogP contribution in [0.5, 0.6) is 0 Å². The predicted octanol–water partition coefficient (Wildman–Crippen LogP) is 2.57. The van der Waals surface area contributed by atoms with E-state index in [1.165, 1.54) is 31.2 Å². The largest absolute Gasteiger partial charge is 0.379 e.